The van der Waals surface area contributed by atoms with Crippen LogP contribution in [0.25, 0.3) is 0 Å². The zero-order chi connectivity index (χ0) is 21.0. The van der Waals surface area contributed by atoms with Gasteiger partial charge in [0, 0.05) is 31.2 Å². The number of pyridine rings is 1. The van der Waals surface area contributed by atoms with Gasteiger partial charge in [-0.05, 0) is 42.9 Å². The quantitative estimate of drug-likeness (QED) is 0.752. The fourth-order valence-electron chi connectivity index (χ4n) is 4.07. The van der Waals surface area contributed by atoms with Crippen molar-refractivity contribution < 1.29 is 18.8 Å². The molecule has 156 valence electrons. The van der Waals surface area contributed by atoms with E-state index in [1.54, 1.807) is 16.8 Å². The standard InChI is InChI=1S/C21H21FN4O3S/c1-24-11-16(27)26(9-12-4-5-12)21-17(19(24)28)13-6-8-25(10-15(13)30-21)20(29)18-14(22)3-2-7-23-18/h2-3,7,12H,4-6,8-11H2,1H3. The number of thiophene rings is 1. The van der Waals surface area contributed by atoms with Gasteiger partial charge < -0.3 is 14.7 Å². The highest BCUT2D eigenvalue weighted by molar-refractivity contribution is 7.17. The molecule has 4 heterocycles. The predicted octanol–water partition coefficient (Wildman–Crippen LogP) is 2.31. The molecule has 0 radical (unpaired) electrons. The van der Waals surface area contributed by atoms with Crippen LogP contribution in [0.4, 0.5) is 9.39 Å². The average Bonchev–Trinajstić information content (AvgIpc) is 3.49. The fourth-order valence-corrected chi connectivity index (χ4v) is 5.45. The predicted molar refractivity (Wildman–Crippen MR) is 109 cm³/mol. The Morgan fingerprint density at radius 1 is 1.30 bits per heavy atom. The van der Waals surface area contributed by atoms with Gasteiger partial charge in [0.2, 0.25) is 5.91 Å². The summed E-state index contributed by atoms with van der Waals surface area (Å²) in [6.45, 7) is 1.36. The van der Waals surface area contributed by atoms with Crippen molar-refractivity contribution in [2.45, 2.75) is 25.8 Å². The van der Waals surface area contributed by atoms with E-state index in [0.717, 1.165) is 23.3 Å². The number of hydrogen-bond acceptors (Lipinski definition) is 5. The van der Waals surface area contributed by atoms with Crippen LogP contribution in [0.3, 0.4) is 0 Å². The summed E-state index contributed by atoms with van der Waals surface area (Å²) in [5.41, 5.74) is 1.31. The number of fused-ring (bicyclic) bond motifs is 3. The smallest absolute Gasteiger partial charge is 0.275 e. The van der Waals surface area contributed by atoms with E-state index in [9.17, 15) is 18.8 Å². The van der Waals surface area contributed by atoms with Crippen LogP contribution in [0, 0.1) is 11.7 Å². The van der Waals surface area contributed by atoms with Crippen LogP contribution >= 0.6 is 11.3 Å². The minimum atomic E-state index is -0.645. The van der Waals surface area contributed by atoms with Gasteiger partial charge in [0.1, 0.15) is 11.5 Å². The highest BCUT2D eigenvalue weighted by Crippen LogP contribution is 2.43. The summed E-state index contributed by atoms with van der Waals surface area (Å²) in [6.07, 6.45) is 4.10. The van der Waals surface area contributed by atoms with E-state index in [1.807, 2.05) is 0 Å². The van der Waals surface area contributed by atoms with Gasteiger partial charge in [-0.15, -0.1) is 11.3 Å². The second-order valence-electron chi connectivity index (χ2n) is 8.10. The molecule has 1 fully saturated rings. The molecule has 0 saturated heterocycles. The number of anilines is 1. The molecule has 9 heteroatoms. The molecule has 30 heavy (non-hydrogen) atoms. The molecule has 0 spiro atoms. The lowest BCUT2D eigenvalue weighted by atomic mass is 10.0. The Bertz CT molecular complexity index is 1060. The molecule has 5 rings (SSSR count). The molecule has 0 bridgehead atoms. The number of halogens is 1. The molecule has 0 atom stereocenters. The van der Waals surface area contributed by atoms with E-state index in [4.69, 9.17) is 0 Å². The average molecular weight is 428 g/mol. The number of carbonyl (C=O) groups is 3. The number of nitrogens with zero attached hydrogens (tertiary/aromatic N) is 4. The second kappa shape index (κ2) is 7.16. The first-order valence-corrected chi connectivity index (χ1v) is 10.9. The van der Waals surface area contributed by atoms with Gasteiger partial charge in [0.15, 0.2) is 11.5 Å². The van der Waals surface area contributed by atoms with Crippen LogP contribution < -0.4 is 4.90 Å². The minimum Gasteiger partial charge on any atom is -0.332 e. The lowest BCUT2D eigenvalue weighted by molar-refractivity contribution is -0.119. The Kier molecular flexibility index (Phi) is 4.57. The normalized spacial score (nSPS) is 18.9. The molecule has 3 amide bonds. The van der Waals surface area contributed by atoms with Gasteiger partial charge in [0.25, 0.3) is 11.8 Å². The molecule has 3 aliphatic rings. The van der Waals surface area contributed by atoms with E-state index in [0.29, 0.717) is 36.0 Å². The van der Waals surface area contributed by atoms with Gasteiger partial charge in [-0.1, -0.05) is 0 Å². The molecule has 1 saturated carbocycles. The molecule has 0 aromatic carbocycles. The van der Waals surface area contributed by atoms with Crippen LogP contribution in [0.1, 0.15) is 44.1 Å². The monoisotopic (exact) mass is 428 g/mol. The van der Waals surface area contributed by atoms with Crippen LogP contribution in [0.5, 0.6) is 0 Å². The van der Waals surface area contributed by atoms with Crippen LogP contribution in [0.15, 0.2) is 18.3 Å². The number of hydrogen-bond donors (Lipinski definition) is 0. The van der Waals surface area contributed by atoms with Crippen LogP contribution in [-0.2, 0) is 17.8 Å². The molecule has 2 aromatic rings. The summed E-state index contributed by atoms with van der Waals surface area (Å²) < 4.78 is 14.0. The van der Waals surface area contributed by atoms with Crippen LogP contribution in [0.2, 0.25) is 0 Å². The van der Waals surface area contributed by atoms with Crippen molar-refractivity contribution in [1.82, 2.24) is 14.8 Å². The SMILES string of the molecule is CN1CC(=O)N(CC2CC2)c2sc3c(c2C1=O)CCN(C(=O)c1ncccc1F)C3. The summed E-state index contributed by atoms with van der Waals surface area (Å²) in [4.78, 5) is 48.3. The molecule has 0 unspecified atom stereocenters. The summed E-state index contributed by atoms with van der Waals surface area (Å²) in [6, 6.07) is 2.67. The Labute approximate surface area is 177 Å². The van der Waals surface area contributed by atoms with Crippen molar-refractivity contribution in [3.8, 4) is 0 Å². The van der Waals surface area contributed by atoms with E-state index >= 15 is 0 Å². The number of amides is 3. The van der Waals surface area contributed by atoms with Crippen molar-refractivity contribution in [2.75, 3.05) is 31.6 Å². The first-order chi connectivity index (χ1) is 14.4. The number of carbonyl (C=O) groups excluding carboxylic acids is 3. The van der Waals surface area contributed by atoms with Gasteiger partial charge >= 0.3 is 0 Å². The van der Waals surface area contributed by atoms with Crippen molar-refractivity contribution in [1.29, 1.82) is 0 Å². The topological polar surface area (TPSA) is 73.8 Å². The Morgan fingerprint density at radius 3 is 2.83 bits per heavy atom. The van der Waals surface area contributed by atoms with Crippen LogP contribution in [-0.4, -0.2) is 59.2 Å². The third-order valence-corrected chi connectivity index (χ3v) is 7.14. The third kappa shape index (κ3) is 3.17. The number of aromatic nitrogens is 1. The first kappa shape index (κ1) is 19.2. The first-order valence-electron chi connectivity index (χ1n) is 10.0. The highest BCUT2D eigenvalue weighted by atomic mass is 32.1. The molecular formula is C21H21FN4O3S. The second-order valence-corrected chi connectivity index (χ2v) is 9.19. The van der Waals surface area contributed by atoms with E-state index in [2.05, 4.69) is 4.98 Å². The van der Waals surface area contributed by atoms with Crippen molar-refractivity contribution in [3.63, 3.8) is 0 Å². The highest BCUT2D eigenvalue weighted by Gasteiger charge is 2.39. The zero-order valence-corrected chi connectivity index (χ0v) is 17.4. The van der Waals surface area contributed by atoms with E-state index in [-0.39, 0.29) is 30.6 Å². The van der Waals surface area contributed by atoms with Crippen molar-refractivity contribution in [3.05, 3.63) is 45.8 Å². The molecule has 2 aliphatic heterocycles. The summed E-state index contributed by atoms with van der Waals surface area (Å²) >= 11 is 1.41. The Morgan fingerprint density at radius 2 is 2.10 bits per heavy atom. The van der Waals surface area contributed by atoms with Gasteiger partial charge in [-0.2, -0.15) is 0 Å². The van der Waals surface area contributed by atoms with E-state index in [1.165, 1.54) is 34.6 Å². The maximum atomic E-state index is 14.0. The third-order valence-electron chi connectivity index (χ3n) is 5.90. The molecule has 0 N–H and O–H groups in total. The molecule has 1 aliphatic carbocycles. The van der Waals surface area contributed by atoms with Gasteiger partial charge in [-0.25, -0.2) is 9.37 Å². The van der Waals surface area contributed by atoms with Crippen molar-refractivity contribution >= 4 is 34.1 Å². The number of likely N-dealkylation sites (N-methyl/N-ethyl adjacent to an activating group) is 1. The lowest BCUT2D eigenvalue weighted by Crippen LogP contribution is -2.39. The summed E-state index contributed by atoms with van der Waals surface area (Å²) in [5.74, 6) is -0.835. The van der Waals surface area contributed by atoms with Gasteiger partial charge in [-0.3, -0.25) is 14.4 Å². The summed E-state index contributed by atoms with van der Waals surface area (Å²) in [5, 5.41) is 0.699. The largest absolute Gasteiger partial charge is 0.332 e. The number of rotatable bonds is 3. The molecule has 7 nitrogen and oxygen atoms in total. The van der Waals surface area contributed by atoms with Crippen molar-refractivity contribution in [2.24, 2.45) is 5.92 Å². The fraction of sp³-hybridized carbons (Fsp3) is 0.429. The van der Waals surface area contributed by atoms with Gasteiger partial charge in [0.05, 0.1) is 12.1 Å². The Hall–Kier alpha value is -2.81. The molecular weight excluding hydrogens is 407 g/mol. The van der Waals surface area contributed by atoms with E-state index < -0.39 is 11.7 Å². The zero-order valence-electron chi connectivity index (χ0n) is 16.6. The minimum absolute atomic E-state index is 0.0708. The summed E-state index contributed by atoms with van der Waals surface area (Å²) in [7, 11) is 1.65. The lowest BCUT2D eigenvalue weighted by Gasteiger charge is -2.27. The molecule has 2 aromatic heterocycles. The maximum absolute atomic E-state index is 14.0. The Balaban J connectivity index is 1.50. The maximum Gasteiger partial charge on any atom is 0.275 e.